The second-order valence-corrected chi connectivity index (χ2v) is 7.32. The average Bonchev–Trinajstić information content (AvgIpc) is 3.22. The first-order chi connectivity index (χ1) is 12.2. The molecule has 6 heteroatoms. The largest absolute Gasteiger partial charge is 0.497 e. The predicted octanol–water partition coefficient (Wildman–Crippen LogP) is 4.37. The summed E-state index contributed by atoms with van der Waals surface area (Å²) < 4.78 is 10.9. The fourth-order valence-electron chi connectivity index (χ4n) is 3.50. The molecule has 0 spiro atoms. The monoisotopic (exact) mass is 355 g/mol. The van der Waals surface area contributed by atoms with Crippen LogP contribution in [-0.2, 0) is 12.8 Å². The molecule has 1 aromatic carbocycles. The van der Waals surface area contributed by atoms with Crippen molar-refractivity contribution in [2.24, 2.45) is 0 Å². The van der Waals surface area contributed by atoms with Crippen LogP contribution in [0.3, 0.4) is 0 Å². The van der Waals surface area contributed by atoms with Gasteiger partial charge in [0, 0.05) is 10.4 Å². The summed E-state index contributed by atoms with van der Waals surface area (Å²) in [6, 6.07) is 5.88. The number of aryl methyl sites for hydroxylation is 2. The summed E-state index contributed by atoms with van der Waals surface area (Å²) in [6.45, 7) is 2.11. The first kappa shape index (κ1) is 16.1. The maximum atomic E-state index is 5.52. The molecule has 25 heavy (non-hydrogen) atoms. The van der Waals surface area contributed by atoms with Gasteiger partial charge in [0.2, 0.25) is 0 Å². The molecule has 2 heterocycles. The van der Waals surface area contributed by atoms with Crippen LogP contribution in [0, 0.1) is 0 Å². The molecule has 1 aliphatic carbocycles. The maximum absolute atomic E-state index is 5.52. The molecule has 0 radical (unpaired) electrons. The molecule has 1 N–H and O–H groups in total. The van der Waals surface area contributed by atoms with Crippen LogP contribution in [-0.4, -0.2) is 24.2 Å². The summed E-state index contributed by atoms with van der Waals surface area (Å²) in [5.74, 6) is 2.55. The molecule has 1 aliphatic rings. The quantitative estimate of drug-likeness (QED) is 0.736. The maximum Gasteiger partial charge on any atom is 0.138 e. The van der Waals surface area contributed by atoms with Crippen LogP contribution >= 0.6 is 11.3 Å². The van der Waals surface area contributed by atoms with Gasteiger partial charge in [-0.25, -0.2) is 9.97 Å². The van der Waals surface area contributed by atoms with Crippen molar-refractivity contribution in [3.05, 3.63) is 40.5 Å². The van der Waals surface area contributed by atoms with Crippen molar-refractivity contribution in [3.8, 4) is 11.5 Å². The molecule has 5 nitrogen and oxygen atoms in total. The fraction of sp³-hybridized carbons (Fsp3) is 0.368. The molecule has 0 bridgehead atoms. The molecular weight excluding hydrogens is 334 g/mol. The first-order valence-electron chi connectivity index (χ1n) is 8.45. The Morgan fingerprint density at radius 2 is 2.04 bits per heavy atom. The van der Waals surface area contributed by atoms with Crippen molar-refractivity contribution >= 4 is 27.4 Å². The molecule has 0 amide bonds. The van der Waals surface area contributed by atoms with Crippen LogP contribution in [0.25, 0.3) is 10.2 Å². The van der Waals surface area contributed by atoms with Crippen molar-refractivity contribution < 1.29 is 9.47 Å². The summed E-state index contributed by atoms with van der Waals surface area (Å²) in [7, 11) is 3.36. The number of nitrogens with zero attached hydrogens (tertiary/aromatic N) is 2. The molecule has 0 saturated carbocycles. The highest BCUT2D eigenvalue weighted by atomic mass is 32.1. The highest BCUT2D eigenvalue weighted by molar-refractivity contribution is 7.19. The molecule has 4 rings (SSSR count). The van der Waals surface area contributed by atoms with Crippen LogP contribution < -0.4 is 14.8 Å². The lowest BCUT2D eigenvalue weighted by Gasteiger charge is -2.19. The third kappa shape index (κ3) is 2.80. The standard InChI is InChI=1S/C19H21N3O2S/c1-11(14-9-12(23-2)7-8-15(14)24-3)22-18-17-13-5-4-6-16(13)25-19(17)21-10-20-18/h7-11H,4-6H2,1-3H3,(H,20,21,22)/t11-/m1/s1. The SMILES string of the molecule is COc1ccc(OC)c([C@@H](C)Nc2ncnc3sc4c(c23)CCC4)c1. The summed E-state index contributed by atoms with van der Waals surface area (Å²) in [6.07, 6.45) is 5.15. The van der Waals surface area contributed by atoms with Gasteiger partial charge in [0.05, 0.1) is 25.6 Å². The van der Waals surface area contributed by atoms with E-state index < -0.39 is 0 Å². The van der Waals surface area contributed by atoms with Crippen LogP contribution in [0.5, 0.6) is 11.5 Å². The van der Waals surface area contributed by atoms with Crippen LogP contribution in [0.2, 0.25) is 0 Å². The Morgan fingerprint density at radius 1 is 1.16 bits per heavy atom. The number of ether oxygens (including phenoxy) is 2. The lowest BCUT2D eigenvalue weighted by atomic mass is 10.1. The molecule has 1 atom stereocenters. The minimum absolute atomic E-state index is 0.0279. The van der Waals surface area contributed by atoms with Crippen LogP contribution in [0.15, 0.2) is 24.5 Å². The Balaban J connectivity index is 1.72. The Labute approximate surface area is 151 Å². The zero-order chi connectivity index (χ0) is 17.4. The first-order valence-corrected chi connectivity index (χ1v) is 9.26. The molecule has 130 valence electrons. The molecule has 2 aromatic heterocycles. The Kier molecular flexibility index (Phi) is 4.21. The van der Waals surface area contributed by atoms with Gasteiger partial charge in [0.15, 0.2) is 0 Å². The summed E-state index contributed by atoms with van der Waals surface area (Å²) in [5, 5.41) is 4.75. The third-order valence-corrected chi connectivity index (χ3v) is 5.96. The molecule has 0 fully saturated rings. The van der Waals surface area contributed by atoms with Crippen LogP contribution in [0.1, 0.15) is 35.4 Å². The highest BCUT2D eigenvalue weighted by Gasteiger charge is 2.22. The number of fused-ring (bicyclic) bond motifs is 3. The van der Waals surface area contributed by atoms with E-state index in [2.05, 4.69) is 22.2 Å². The number of methoxy groups -OCH3 is 2. The van der Waals surface area contributed by atoms with Gasteiger partial charge in [-0.2, -0.15) is 0 Å². The van der Waals surface area contributed by atoms with Gasteiger partial charge in [-0.1, -0.05) is 0 Å². The summed E-state index contributed by atoms with van der Waals surface area (Å²) in [5.41, 5.74) is 2.47. The molecule has 0 saturated heterocycles. The third-order valence-electron chi connectivity index (χ3n) is 4.76. The van der Waals surface area contributed by atoms with E-state index in [0.29, 0.717) is 0 Å². The Morgan fingerprint density at radius 3 is 2.84 bits per heavy atom. The Hall–Kier alpha value is -2.34. The van der Waals surface area contributed by atoms with Gasteiger partial charge in [-0.15, -0.1) is 11.3 Å². The van der Waals surface area contributed by atoms with E-state index in [1.54, 1.807) is 31.9 Å². The van der Waals surface area contributed by atoms with E-state index in [4.69, 9.17) is 9.47 Å². The number of nitrogens with one attached hydrogen (secondary N) is 1. The average molecular weight is 355 g/mol. The van der Waals surface area contributed by atoms with Crippen molar-refractivity contribution in [1.29, 1.82) is 0 Å². The van der Waals surface area contributed by atoms with Gasteiger partial charge in [0.25, 0.3) is 0 Å². The smallest absolute Gasteiger partial charge is 0.138 e. The van der Waals surface area contributed by atoms with Gasteiger partial charge in [0.1, 0.15) is 28.5 Å². The predicted molar refractivity (Wildman–Crippen MR) is 101 cm³/mol. The fourth-order valence-corrected chi connectivity index (χ4v) is 4.73. The van der Waals surface area contributed by atoms with Crippen LogP contribution in [0.4, 0.5) is 5.82 Å². The van der Waals surface area contributed by atoms with E-state index in [1.165, 1.54) is 22.2 Å². The lowest BCUT2D eigenvalue weighted by Crippen LogP contribution is -2.10. The number of hydrogen-bond acceptors (Lipinski definition) is 6. The normalized spacial score (nSPS) is 14.4. The molecule has 0 aliphatic heterocycles. The van der Waals surface area contributed by atoms with Gasteiger partial charge in [-0.05, 0) is 49.9 Å². The van der Waals surface area contributed by atoms with E-state index in [1.807, 2.05) is 18.2 Å². The second kappa shape index (κ2) is 6.52. The number of anilines is 1. The molecule has 3 aromatic rings. The lowest BCUT2D eigenvalue weighted by molar-refractivity contribution is 0.397. The zero-order valence-corrected chi connectivity index (χ0v) is 15.4. The highest BCUT2D eigenvalue weighted by Crippen LogP contribution is 2.40. The number of thiophene rings is 1. The molecular formula is C19H21N3O2S. The number of hydrogen-bond donors (Lipinski definition) is 1. The van der Waals surface area contributed by atoms with Crippen molar-refractivity contribution in [2.45, 2.75) is 32.2 Å². The number of aromatic nitrogens is 2. The zero-order valence-electron chi connectivity index (χ0n) is 14.6. The van der Waals surface area contributed by atoms with Crippen molar-refractivity contribution in [1.82, 2.24) is 9.97 Å². The van der Waals surface area contributed by atoms with E-state index in [0.717, 1.165) is 40.6 Å². The second-order valence-electron chi connectivity index (χ2n) is 6.23. The number of rotatable bonds is 5. The summed E-state index contributed by atoms with van der Waals surface area (Å²) in [4.78, 5) is 11.5. The van der Waals surface area contributed by atoms with Gasteiger partial charge < -0.3 is 14.8 Å². The Bertz CT molecular complexity index is 922. The van der Waals surface area contributed by atoms with Gasteiger partial charge >= 0.3 is 0 Å². The molecule has 0 unspecified atom stereocenters. The minimum atomic E-state index is 0.0279. The van der Waals surface area contributed by atoms with E-state index in [9.17, 15) is 0 Å². The van der Waals surface area contributed by atoms with Crippen molar-refractivity contribution in [3.63, 3.8) is 0 Å². The number of benzene rings is 1. The summed E-state index contributed by atoms with van der Waals surface area (Å²) >= 11 is 1.80. The van der Waals surface area contributed by atoms with Gasteiger partial charge in [-0.3, -0.25) is 0 Å². The van der Waals surface area contributed by atoms with Crippen molar-refractivity contribution in [2.75, 3.05) is 19.5 Å². The van der Waals surface area contributed by atoms with E-state index >= 15 is 0 Å². The minimum Gasteiger partial charge on any atom is -0.497 e. The van der Waals surface area contributed by atoms with E-state index in [-0.39, 0.29) is 6.04 Å². The topological polar surface area (TPSA) is 56.3 Å².